The summed E-state index contributed by atoms with van der Waals surface area (Å²) in [5.74, 6) is -2.17. The molecule has 0 radical (unpaired) electrons. The number of aryl methyl sites for hydroxylation is 1. The first-order valence-electron chi connectivity index (χ1n) is 9.87. The SMILES string of the molecule is Cc1ccc(N2C(=O)c3ccc(C(=O)O[C@@H](C)C(=O)c4ccccc4)cc3C2=O)cc1Cl. The summed E-state index contributed by atoms with van der Waals surface area (Å²) >= 11 is 6.15. The summed E-state index contributed by atoms with van der Waals surface area (Å²) in [5.41, 5.74) is 1.92. The molecule has 1 atom stereocenters. The van der Waals surface area contributed by atoms with Crippen molar-refractivity contribution in [2.45, 2.75) is 20.0 Å². The summed E-state index contributed by atoms with van der Waals surface area (Å²) in [4.78, 5) is 51.8. The molecular weight excluding hydrogens is 430 g/mol. The van der Waals surface area contributed by atoms with Crippen molar-refractivity contribution in [3.05, 3.63) is 99.6 Å². The number of Topliss-reactive ketones (excluding diaryl/α,β-unsaturated/α-hetero) is 1. The van der Waals surface area contributed by atoms with Crippen LogP contribution in [-0.2, 0) is 4.74 Å². The Bertz CT molecular complexity index is 1270. The molecule has 3 aromatic carbocycles. The van der Waals surface area contributed by atoms with Gasteiger partial charge < -0.3 is 4.74 Å². The molecule has 0 bridgehead atoms. The Labute approximate surface area is 189 Å². The molecule has 0 spiro atoms. The average molecular weight is 448 g/mol. The highest BCUT2D eigenvalue weighted by molar-refractivity contribution is 6.36. The highest BCUT2D eigenvalue weighted by Gasteiger charge is 2.37. The summed E-state index contributed by atoms with van der Waals surface area (Å²) < 4.78 is 5.30. The van der Waals surface area contributed by atoms with Gasteiger partial charge in [-0.25, -0.2) is 9.69 Å². The molecule has 160 valence electrons. The maximum absolute atomic E-state index is 12.9. The fourth-order valence-electron chi connectivity index (χ4n) is 3.44. The van der Waals surface area contributed by atoms with E-state index < -0.39 is 23.9 Å². The predicted octanol–water partition coefficient (Wildman–Crippen LogP) is 4.88. The first-order chi connectivity index (χ1) is 15.3. The van der Waals surface area contributed by atoms with Crippen LogP contribution in [0.5, 0.6) is 0 Å². The van der Waals surface area contributed by atoms with Crippen LogP contribution in [0.3, 0.4) is 0 Å². The molecule has 0 saturated heterocycles. The van der Waals surface area contributed by atoms with Gasteiger partial charge in [-0.15, -0.1) is 0 Å². The van der Waals surface area contributed by atoms with Crippen molar-refractivity contribution in [3.63, 3.8) is 0 Å². The normalized spacial score (nSPS) is 13.7. The van der Waals surface area contributed by atoms with Crippen LogP contribution in [0, 0.1) is 6.92 Å². The van der Waals surface area contributed by atoms with Crippen molar-refractivity contribution in [1.82, 2.24) is 0 Å². The quantitative estimate of drug-likeness (QED) is 0.316. The van der Waals surface area contributed by atoms with Crippen LogP contribution in [0.4, 0.5) is 5.69 Å². The zero-order valence-corrected chi connectivity index (χ0v) is 18.1. The average Bonchev–Trinajstić information content (AvgIpc) is 3.05. The van der Waals surface area contributed by atoms with E-state index in [4.69, 9.17) is 16.3 Å². The molecule has 2 amide bonds. The molecule has 0 saturated carbocycles. The molecule has 1 aliphatic rings. The fourth-order valence-corrected chi connectivity index (χ4v) is 3.62. The first kappa shape index (κ1) is 21.5. The minimum absolute atomic E-state index is 0.0707. The Morgan fingerprint density at radius 1 is 0.875 bits per heavy atom. The Hall–Kier alpha value is -3.77. The van der Waals surface area contributed by atoms with Gasteiger partial charge in [0.2, 0.25) is 5.78 Å². The van der Waals surface area contributed by atoms with Gasteiger partial charge in [-0.3, -0.25) is 14.4 Å². The number of ether oxygens (including phenoxy) is 1. The van der Waals surface area contributed by atoms with Gasteiger partial charge in [0.25, 0.3) is 11.8 Å². The smallest absolute Gasteiger partial charge is 0.338 e. The second kappa shape index (κ2) is 8.40. The minimum atomic E-state index is -1.01. The maximum atomic E-state index is 12.9. The van der Waals surface area contributed by atoms with Crippen molar-refractivity contribution in [2.75, 3.05) is 4.90 Å². The molecule has 0 unspecified atom stereocenters. The van der Waals surface area contributed by atoms with E-state index in [2.05, 4.69) is 0 Å². The van der Waals surface area contributed by atoms with Crippen LogP contribution in [-0.4, -0.2) is 29.7 Å². The number of imide groups is 1. The number of rotatable bonds is 5. The van der Waals surface area contributed by atoms with Crippen LogP contribution >= 0.6 is 11.6 Å². The number of benzene rings is 3. The van der Waals surface area contributed by atoms with Gasteiger partial charge in [0.05, 0.1) is 22.4 Å². The number of hydrogen-bond donors (Lipinski definition) is 0. The second-order valence-corrected chi connectivity index (χ2v) is 7.82. The number of nitrogens with zero attached hydrogens (tertiary/aromatic N) is 1. The standard InChI is InChI=1S/C25H18ClNO5/c1-14-8-10-18(13-21(14)26)27-23(29)19-11-9-17(12-20(19)24(27)30)25(31)32-15(2)22(28)16-6-4-3-5-7-16/h3-13,15H,1-2H3/t15-/m0/s1. The Morgan fingerprint density at radius 2 is 1.56 bits per heavy atom. The molecular formula is C25H18ClNO5. The summed E-state index contributed by atoms with van der Waals surface area (Å²) in [7, 11) is 0. The summed E-state index contributed by atoms with van der Waals surface area (Å²) in [6.07, 6.45) is -1.01. The third-order valence-corrected chi connectivity index (χ3v) is 5.65. The summed E-state index contributed by atoms with van der Waals surface area (Å²) in [6.45, 7) is 3.30. The molecule has 0 fully saturated rings. The van der Waals surface area contributed by atoms with Crippen LogP contribution in [0.25, 0.3) is 0 Å². The third-order valence-electron chi connectivity index (χ3n) is 5.25. The van der Waals surface area contributed by atoms with Crippen LogP contribution < -0.4 is 4.90 Å². The maximum Gasteiger partial charge on any atom is 0.338 e. The lowest BCUT2D eigenvalue weighted by Crippen LogP contribution is -2.29. The lowest BCUT2D eigenvalue weighted by Gasteiger charge is -2.14. The number of carbonyl (C=O) groups is 4. The van der Waals surface area contributed by atoms with Crippen molar-refractivity contribution >= 4 is 40.9 Å². The van der Waals surface area contributed by atoms with Crippen LogP contribution in [0.15, 0.2) is 66.7 Å². The predicted molar refractivity (Wildman–Crippen MR) is 119 cm³/mol. The monoisotopic (exact) mass is 447 g/mol. The van der Waals surface area contributed by atoms with E-state index >= 15 is 0 Å². The van der Waals surface area contributed by atoms with Gasteiger partial charge in [-0.2, -0.15) is 0 Å². The number of fused-ring (bicyclic) bond motifs is 1. The summed E-state index contributed by atoms with van der Waals surface area (Å²) in [5, 5.41) is 0.431. The number of anilines is 1. The van der Waals surface area contributed by atoms with Gasteiger partial charge in [0.15, 0.2) is 6.10 Å². The number of amides is 2. The van der Waals surface area contributed by atoms with Crippen molar-refractivity contribution < 1.29 is 23.9 Å². The van der Waals surface area contributed by atoms with Gasteiger partial charge in [-0.05, 0) is 49.7 Å². The molecule has 0 aromatic heterocycles. The molecule has 4 rings (SSSR count). The third kappa shape index (κ3) is 3.81. The molecule has 0 aliphatic carbocycles. The molecule has 1 heterocycles. The zero-order valence-electron chi connectivity index (χ0n) is 17.3. The van der Waals surface area contributed by atoms with Gasteiger partial charge >= 0.3 is 5.97 Å². The molecule has 0 N–H and O–H groups in total. The fraction of sp³-hybridized carbons (Fsp3) is 0.120. The largest absolute Gasteiger partial charge is 0.451 e. The highest BCUT2D eigenvalue weighted by atomic mass is 35.5. The van der Waals surface area contributed by atoms with E-state index in [1.54, 1.807) is 48.5 Å². The van der Waals surface area contributed by atoms with E-state index in [9.17, 15) is 19.2 Å². The zero-order chi connectivity index (χ0) is 23.0. The van der Waals surface area contributed by atoms with E-state index in [0.717, 1.165) is 10.5 Å². The highest BCUT2D eigenvalue weighted by Crippen LogP contribution is 2.31. The van der Waals surface area contributed by atoms with Crippen molar-refractivity contribution in [3.8, 4) is 0 Å². The Morgan fingerprint density at radius 3 is 2.25 bits per heavy atom. The summed E-state index contributed by atoms with van der Waals surface area (Å²) in [6, 6.07) is 17.5. The second-order valence-electron chi connectivity index (χ2n) is 7.42. The van der Waals surface area contributed by atoms with Gasteiger partial charge in [0, 0.05) is 10.6 Å². The van der Waals surface area contributed by atoms with E-state index in [1.165, 1.54) is 25.1 Å². The van der Waals surface area contributed by atoms with Crippen molar-refractivity contribution in [1.29, 1.82) is 0 Å². The number of hydrogen-bond acceptors (Lipinski definition) is 5. The molecule has 6 nitrogen and oxygen atoms in total. The first-order valence-corrected chi connectivity index (χ1v) is 10.2. The van der Waals surface area contributed by atoms with Crippen LogP contribution in [0.1, 0.15) is 53.9 Å². The van der Waals surface area contributed by atoms with E-state index in [0.29, 0.717) is 16.3 Å². The van der Waals surface area contributed by atoms with Gasteiger partial charge in [-0.1, -0.05) is 48.0 Å². The Kier molecular flexibility index (Phi) is 5.63. The van der Waals surface area contributed by atoms with E-state index in [-0.39, 0.29) is 22.5 Å². The minimum Gasteiger partial charge on any atom is -0.451 e. The van der Waals surface area contributed by atoms with Crippen molar-refractivity contribution in [2.24, 2.45) is 0 Å². The molecule has 3 aromatic rings. The molecule has 32 heavy (non-hydrogen) atoms. The number of halogens is 1. The lowest BCUT2D eigenvalue weighted by atomic mass is 10.1. The lowest BCUT2D eigenvalue weighted by molar-refractivity contribution is 0.0318. The number of carbonyl (C=O) groups excluding carboxylic acids is 4. The Balaban J connectivity index is 1.56. The molecule has 1 aliphatic heterocycles. The number of ketones is 1. The topological polar surface area (TPSA) is 80.8 Å². The molecule has 7 heteroatoms. The van der Waals surface area contributed by atoms with E-state index in [1.807, 2.05) is 6.92 Å². The van der Waals surface area contributed by atoms with Gasteiger partial charge in [0.1, 0.15) is 0 Å². The number of esters is 1. The van der Waals surface area contributed by atoms with Crippen LogP contribution in [0.2, 0.25) is 5.02 Å².